The number of alkyl halides is 1. The highest BCUT2D eigenvalue weighted by atomic mass is 19.1. The van der Waals surface area contributed by atoms with Crippen molar-refractivity contribution in [1.29, 1.82) is 0 Å². The number of fused-ring (bicyclic) bond motifs is 1. The second kappa shape index (κ2) is 11.4. The number of hydrogen-bond donors (Lipinski definition) is 4. The molecule has 2 aromatic rings. The minimum absolute atomic E-state index is 0.0332. The highest BCUT2D eigenvalue weighted by Crippen LogP contribution is 2.41. The Morgan fingerprint density at radius 2 is 1.84 bits per heavy atom. The first-order chi connectivity index (χ1) is 18.4. The predicted octanol–water partition coefficient (Wildman–Crippen LogP) is 4.10. The van der Waals surface area contributed by atoms with Crippen molar-refractivity contribution < 1.29 is 23.9 Å². The second-order valence-corrected chi connectivity index (χ2v) is 11.4. The van der Waals surface area contributed by atoms with Gasteiger partial charge in [0.15, 0.2) is 0 Å². The number of carboxylic acids is 1. The van der Waals surface area contributed by atoms with E-state index in [0.29, 0.717) is 42.0 Å². The molecule has 38 heavy (non-hydrogen) atoms. The van der Waals surface area contributed by atoms with E-state index in [0.717, 1.165) is 44.9 Å². The van der Waals surface area contributed by atoms with Crippen molar-refractivity contribution >= 4 is 34.5 Å². The fourth-order valence-electron chi connectivity index (χ4n) is 7.01. The minimum Gasteiger partial charge on any atom is -0.475 e. The third kappa shape index (κ3) is 5.41. The van der Waals surface area contributed by atoms with Crippen LogP contribution in [-0.4, -0.2) is 63.1 Å². The molecule has 0 spiro atoms. The highest BCUT2D eigenvalue weighted by molar-refractivity contribution is 5.99. The van der Waals surface area contributed by atoms with E-state index in [9.17, 15) is 23.9 Å². The largest absolute Gasteiger partial charge is 0.475 e. The number of aromatic amines is 1. The average molecular weight is 528 g/mol. The number of imidazole rings is 1. The van der Waals surface area contributed by atoms with Crippen molar-refractivity contribution in [2.45, 2.75) is 76.3 Å². The summed E-state index contributed by atoms with van der Waals surface area (Å²) >= 11 is 0. The Balaban J connectivity index is 1.34. The molecule has 5 N–H and O–H groups in total. The zero-order chi connectivity index (χ0) is 26.8. The summed E-state index contributed by atoms with van der Waals surface area (Å²) in [4.78, 5) is 47.5. The van der Waals surface area contributed by atoms with Crippen molar-refractivity contribution in [3.8, 4) is 0 Å². The van der Waals surface area contributed by atoms with Crippen LogP contribution in [0.3, 0.4) is 0 Å². The number of nitrogens with one attached hydrogen (secondary N) is 2. The molecule has 3 atom stereocenters. The van der Waals surface area contributed by atoms with Gasteiger partial charge in [0.25, 0.3) is 0 Å². The maximum Gasteiger partial charge on any atom is 0.371 e. The number of aromatic nitrogens is 2. The second-order valence-electron chi connectivity index (χ2n) is 11.4. The number of carbonyl (C=O) groups excluding carboxylic acids is 2. The molecular weight excluding hydrogens is 489 g/mol. The monoisotopic (exact) mass is 527 g/mol. The molecule has 0 radical (unpaired) electrons. The van der Waals surface area contributed by atoms with Crippen LogP contribution in [0.1, 0.15) is 74.8 Å². The van der Waals surface area contributed by atoms with Crippen LogP contribution >= 0.6 is 0 Å². The molecule has 3 fully saturated rings. The molecule has 206 valence electrons. The fourth-order valence-corrected chi connectivity index (χ4v) is 7.01. The minimum atomic E-state index is -1.15. The lowest BCUT2D eigenvalue weighted by molar-refractivity contribution is -0.142. The van der Waals surface area contributed by atoms with Gasteiger partial charge >= 0.3 is 5.97 Å². The highest BCUT2D eigenvalue weighted by Gasteiger charge is 2.47. The Hall–Kier alpha value is -3.01. The number of H-pyrrole nitrogens is 1. The molecule has 2 amide bonds. The summed E-state index contributed by atoms with van der Waals surface area (Å²) in [5.74, 6) is -0.986. The number of likely N-dealkylation sites (tertiary alicyclic amines) is 1. The molecule has 3 aliphatic rings. The Kier molecular flexibility index (Phi) is 7.97. The number of hydrogen-bond acceptors (Lipinski definition) is 5. The van der Waals surface area contributed by atoms with Crippen molar-refractivity contribution in [2.75, 3.05) is 18.5 Å². The number of amides is 2. The van der Waals surface area contributed by atoms with Crippen molar-refractivity contribution in [1.82, 2.24) is 14.9 Å². The zero-order valence-electron chi connectivity index (χ0n) is 21.7. The van der Waals surface area contributed by atoms with Crippen LogP contribution in [-0.2, 0) is 9.59 Å². The van der Waals surface area contributed by atoms with E-state index in [1.807, 2.05) is 4.90 Å². The van der Waals surface area contributed by atoms with Crippen LogP contribution in [0.5, 0.6) is 0 Å². The number of rotatable bonds is 7. The number of aromatic carboxylic acids is 1. The quantitative estimate of drug-likeness (QED) is 0.427. The number of nitrogens with zero attached hydrogens (tertiary/aromatic N) is 2. The van der Waals surface area contributed by atoms with Gasteiger partial charge in [-0.2, -0.15) is 0 Å². The van der Waals surface area contributed by atoms with E-state index in [-0.39, 0.29) is 35.4 Å². The van der Waals surface area contributed by atoms with Crippen LogP contribution in [0.25, 0.3) is 11.0 Å². The van der Waals surface area contributed by atoms with E-state index in [4.69, 9.17) is 5.73 Å². The molecular formula is C28H38FN5O4. The summed E-state index contributed by atoms with van der Waals surface area (Å²) in [7, 11) is 0. The fraction of sp³-hybridized carbons (Fsp3) is 0.643. The molecule has 9 nitrogen and oxygen atoms in total. The number of carbonyl (C=O) groups is 3. The summed E-state index contributed by atoms with van der Waals surface area (Å²) < 4.78 is 13.1. The third-order valence-corrected chi connectivity index (χ3v) is 9.11. The van der Waals surface area contributed by atoms with E-state index in [1.165, 1.54) is 6.42 Å². The van der Waals surface area contributed by atoms with Gasteiger partial charge in [0, 0.05) is 24.2 Å². The number of carboxylic acid groups (broad SMARTS) is 1. The Labute approximate surface area is 221 Å². The zero-order valence-corrected chi connectivity index (χ0v) is 21.7. The third-order valence-electron chi connectivity index (χ3n) is 9.11. The molecule has 5 rings (SSSR count). The first-order valence-corrected chi connectivity index (χ1v) is 14.0. The van der Waals surface area contributed by atoms with Gasteiger partial charge in [0.05, 0.1) is 11.0 Å². The molecule has 1 saturated heterocycles. The smallest absolute Gasteiger partial charge is 0.371 e. The van der Waals surface area contributed by atoms with Crippen molar-refractivity contribution in [3.63, 3.8) is 0 Å². The molecule has 1 unspecified atom stereocenters. The van der Waals surface area contributed by atoms with E-state index in [2.05, 4.69) is 15.3 Å². The molecule has 1 aromatic carbocycles. The summed E-state index contributed by atoms with van der Waals surface area (Å²) in [5.41, 5.74) is 7.47. The van der Waals surface area contributed by atoms with Gasteiger partial charge in [-0.15, -0.1) is 0 Å². The topological polar surface area (TPSA) is 141 Å². The normalized spacial score (nSPS) is 27.4. The molecule has 10 heteroatoms. The van der Waals surface area contributed by atoms with Crippen molar-refractivity contribution in [2.24, 2.45) is 29.4 Å². The molecule has 0 bridgehead atoms. The summed E-state index contributed by atoms with van der Waals surface area (Å²) in [5, 5.41) is 12.2. The number of nitrogens with two attached hydrogens (primary N) is 1. The van der Waals surface area contributed by atoms with Gasteiger partial charge < -0.3 is 26.0 Å². The number of anilines is 1. The summed E-state index contributed by atoms with van der Waals surface area (Å²) in [6, 6.07) is 4.05. The molecule has 2 aliphatic carbocycles. The standard InChI is InChI=1S/C28H38FN5O4/c29-15-21(30)17-6-8-18(9-7-17)27(36)34-13-12-20(16-4-2-1-3-5-16)24(34)26(35)31-19-10-11-22-23(14-19)33-25(32-22)28(37)38/h10-11,14,16-18,20-21,24H,1-9,12-13,15,30H2,(H,31,35)(H,32,33)(H,37,38)/t17?,18?,20?,21-,24+/m1/s1. The maximum atomic E-state index is 13.8. The molecule has 1 aliphatic heterocycles. The van der Waals surface area contributed by atoms with Crippen LogP contribution in [0.15, 0.2) is 18.2 Å². The Bertz CT molecular complexity index is 1170. The Morgan fingerprint density at radius 3 is 2.53 bits per heavy atom. The van der Waals surface area contributed by atoms with Gasteiger partial charge in [0.1, 0.15) is 12.7 Å². The van der Waals surface area contributed by atoms with Gasteiger partial charge in [-0.1, -0.05) is 32.1 Å². The van der Waals surface area contributed by atoms with Gasteiger partial charge in [0.2, 0.25) is 17.6 Å². The molecule has 2 saturated carbocycles. The Morgan fingerprint density at radius 1 is 1.11 bits per heavy atom. The lowest BCUT2D eigenvalue weighted by atomic mass is 9.76. The molecule has 2 heterocycles. The average Bonchev–Trinajstić information content (AvgIpc) is 3.58. The lowest BCUT2D eigenvalue weighted by Crippen LogP contribution is -2.50. The van der Waals surface area contributed by atoms with E-state index in [1.54, 1.807) is 18.2 Å². The van der Waals surface area contributed by atoms with Gasteiger partial charge in [-0.3, -0.25) is 9.59 Å². The lowest BCUT2D eigenvalue weighted by Gasteiger charge is -2.36. The van der Waals surface area contributed by atoms with Crippen LogP contribution in [0, 0.1) is 23.7 Å². The maximum absolute atomic E-state index is 13.8. The van der Waals surface area contributed by atoms with Crippen LogP contribution in [0.2, 0.25) is 0 Å². The van der Waals surface area contributed by atoms with Crippen LogP contribution < -0.4 is 11.1 Å². The number of benzene rings is 1. The number of halogens is 1. The summed E-state index contributed by atoms with van der Waals surface area (Å²) in [6.07, 6.45) is 9.35. The van der Waals surface area contributed by atoms with Gasteiger partial charge in [-0.05, 0) is 68.1 Å². The van der Waals surface area contributed by atoms with Gasteiger partial charge in [-0.25, -0.2) is 14.2 Å². The van der Waals surface area contributed by atoms with E-state index >= 15 is 0 Å². The SMILES string of the molecule is N[C@H](CF)C1CCC(C(=O)N2CCC(C3CCCCC3)[C@H]2C(=O)Nc2ccc3nc(C(=O)O)[nH]c3c2)CC1. The summed E-state index contributed by atoms with van der Waals surface area (Å²) in [6.45, 7) is 0.0340. The van der Waals surface area contributed by atoms with Crippen LogP contribution in [0.4, 0.5) is 10.1 Å². The first kappa shape index (κ1) is 26.6. The van der Waals surface area contributed by atoms with Crippen molar-refractivity contribution in [3.05, 3.63) is 24.0 Å². The molecule has 1 aromatic heterocycles. The predicted molar refractivity (Wildman–Crippen MR) is 141 cm³/mol. The van der Waals surface area contributed by atoms with E-state index < -0.39 is 24.7 Å². The first-order valence-electron chi connectivity index (χ1n) is 14.0.